The molecule has 0 fully saturated rings. The first kappa shape index (κ1) is 119. The van der Waals surface area contributed by atoms with E-state index >= 15 is 0 Å². The molecule has 16 nitrogen and oxygen atoms in total. The van der Waals surface area contributed by atoms with Crippen LogP contribution in [0.4, 0.5) is 0 Å². The zero-order chi connectivity index (χ0) is 90.7. The maximum Gasteiger partial charge on any atom is 0.472 e. The van der Waals surface area contributed by atoms with Crippen molar-refractivity contribution in [1.29, 1.82) is 0 Å². The number of esters is 3. The van der Waals surface area contributed by atoms with Gasteiger partial charge in [0.05, 0.1) is 26.4 Å². The highest BCUT2D eigenvalue weighted by Crippen LogP contribution is 2.45. The molecule has 0 aliphatic carbocycles. The third kappa shape index (κ3) is 98.8. The number of phosphoric ester groups is 2. The van der Waals surface area contributed by atoms with Crippen molar-refractivity contribution in [2.75, 3.05) is 39.6 Å². The Labute approximate surface area is 763 Å². The Morgan fingerprint density at radius 1 is 0.232 bits per heavy atom. The minimum absolute atomic E-state index is 0.0818. The van der Waals surface area contributed by atoms with Crippen LogP contribution in [0.2, 0.25) is 0 Å². The van der Waals surface area contributed by atoms with Crippen LogP contribution in [0.15, 0.2) is 194 Å². The van der Waals surface area contributed by atoms with Crippen molar-refractivity contribution in [3.05, 3.63) is 194 Å². The van der Waals surface area contributed by atoms with Gasteiger partial charge in [-0.3, -0.25) is 32.5 Å². The molecular formula is C107H180O16P2. The monoisotopic (exact) mass is 1780 g/mol. The summed E-state index contributed by atoms with van der Waals surface area (Å²) in [6.45, 7) is 2.46. The van der Waals surface area contributed by atoms with Gasteiger partial charge in [-0.05, 0) is 167 Å². The van der Waals surface area contributed by atoms with E-state index in [0.29, 0.717) is 19.3 Å². The average Bonchev–Trinajstić information content (AvgIpc) is 0.897. The maximum atomic E-state index is 13.1. The lowest BCUT2D eigenvalue weighted by Crippen LogP contribution is -2.30. The van der Waals surface area contributed by atoms with Crippen LogP contribution in [0.25, 0.3) is 0 Å². The van der Waals surface area contributed by atoms with E-state index in [1.165, 1.54) is 161 Å². The molecule has 0 aromatic rings. The lowest BCUT2D eigenvalue weighted by Gasteiger charge is -2.21. The summed E-state index contributed by atoms with van der Waals surface area (Å²) in [7, 11) is -9.83. The zero-order valence-corrected chi connectivity index (χ0v) is 80.7. The van der Waals surface area contributed by atoms with Gasteiger partial charge in [0.15, 0.2) is 6.10 Å². The summed E-state index contributed by atoms with van der Waals surface area (Å²) in [5.41, 5.74) is 0. The number of rotatable bonds is 93. The fourth-order valence-corrected chi connectivity index (χ4v) is 14.9. The van der Waals surface area contributed by atoms with Gasteiger partial charge in [-0.2, -0.15) is 0 Å². The molecule has 0 spiro atoms. The number of unbranched alkanes of at least 4 members (excludes halogenated alkanes) is 38. The van der Waals surface area contributed by atoms with Crippen LogP contribution in [-0.2, 0) is 55.8 Å². The number of allylic oxidation sites excluding steroid dienone is 32. The Kier molecular flexibility index (Phi) is 93.1. The fraction of sp³-hybridized carbons (Fsp3) is 0.673. The van der Waals surface area contributed by atoms with Gasteiger partial charge in [-0.1, -0.05) is 414 Å². The number of ether oxygens (including phenoxy) is 3. The summed E-state index contributed by atoms with van der Waals surface area (Å²) in [6.07, 6.45) is 131. The van der Waals surface area contributed by atoms with Crippen LogP contribution in [0.5, 0.6) is 0 Å². The van der Waals surface area contributed by atoms with Gasteiger partial charge in [-0.15, -0.1) is 0 Å². The normalized spacial score (nSPS) is 14.5. The van der Waals surface area contributed by atoms with E-state index in [4.69, 9.17) is 32.3 Å². The number of aliphatic hydroxyl groups is 2. The van der Waals surface area contributed by atoms with Crippen LogP contribution in [-0.4, -0.2) is 95.9 Å². The molecule has 0 saturated heterocycles. The summed E-state index contributed by atoms with van der Waals surface area (Å²) in [6, 6.07) is 0. The largest absolute Gasteiger partial charge is 0.472 e. The molecule has 0 aromatic heterocycles. The maximum absolute atomic E-state index is 13.1. The molecule has 125 heavy (non-hydrogen) atoms. The zero-order valence-electron chi connectivity index (χ0n) is 79.0. The first-order chi connectivity index (χ1) is 61.2. The second-order valence-electron chi connectivity index (χ2n) is 32.8. The summed E-state index contributed by atoms with van der Waals surface area (Å²) in [5.74, 6) is -1.59. The van der Waals surface area contributed by atoms with Crippen molar-refractivity contribution < 1.29 is 75.8 Å². The van der Waals surface area contributed by atoms with Crippen molar-refractivity contribution in [1.82, 2.24) is 0 Å². The molecule has 0 aliphatic rings. The molecule has 714 valence electrons. The summed E-state index contributed by atoms with van der Waals surface area (Å²) in [5, 5.41) is 20.8. The summed E-state index contributed by atoms with van der Waals surface area (Å²) >= 11 is 0. The highest BCUT2D eigenvalue weighted by molar-refractivity contribution is 7.47. The molecule has 4 N–H and O–H groups in total. The van der Waals surface area contributed by atoms with Gasteiger partial charge in [0.25, 0.3) is 0 Å². The van der Waals surface area contributed by atoms with Gasteiger partial charge >= 0.3 is 33.6 Å². The number of carbonyl (C=O) groups is 3. The number of carbonyl (C=O) groups excluding carboxylic acids is 3. The van der Waals surface area contributed by atoms with Crippen LogP contribution in [0.1, 0.15) is 406 Å². The molecule has 0 saturated carbocycles. The standard InChI is InChI=1S/C107H180O16P2/c1-4-7-10-13-16-19-22-25-28-31-34-37-40-43-45-47-48-49-50-51-52-54-56-58-60-63-66-69-72-75-78-81-84-87-90-93-105(110)117-96-102(108)97-119-124(113,114)120-98-103(109)99-121-125(115,116)122-101-104(123-107(112)95-92-89-86-83-80-77-74-71-68-65-62-57-42-39-36-33-30-27-24-21-18-15-12-9-6-3)100-118-106(111)94-91-88-85-82-79-76-73-70-67-64-61-59-55-53-46-44-41-38-35-32-29-26-23-20-17-14-11-8-5-2/h7,9-10,12,16-21,25-30,34-39,43-46,48-49,57,62,68,71,102-104,108-109H,4-6,8,11,13-15,22-24,31-33,40-42,47,50-56,58-61,63-67,69-70,72-101H2,1-3H3,(H,113,114)(H,115,116)/b10-7-,12-9-,19-16-,20-17-,21-18-,28-25-,29-26-,30-27-,37-34-,38-35-,39-36-,45-43-,46-44-,49-48-,62-57-,71-68-. The first-order valence-corrected chi connectivity index (χ1v) is 52.7. The molecule has 0 bridgehead atoms. The highest BCUT2D eigenvalue weighted by Gasteiger charge is 2.30. The SMILES string of the molecule is CC/C=C\C/C=C\C/C=C\C/C=C\C/C=C\C/C=C\CCCCCCCCCCCCCCCCCCC(=O)OCC(O)COP(=O)(O)OCC(O)COP(=O)(O)OCC(COC(=O)CCCCCCCCCCCCCCC/C=C\C/C=C\C/C=C\C/C=C\CCCCC)OC(=O)CCCCCCCC/C=C\C/C=C\C/C=C\C/C=C\C/C=C\C/C=C\CC. The molecule has 18 heteroatoms. The Bertz CT molecular complexity index is 3050. The molecule has 0 radical (unpaired) electrons. The Hall–Kier alpha value is -5.61. The van der Waals surface area contributed by atoms with E-state index < -0.39 is 91.5 Å². The van der Waals surface area contributed by atoms with Crippen molar-refractivity contribution in [2.45, 2.75) is 424 Å². The smallest absolute Gasteiger partial charge is 0.463 e. The van der Waals surface area contributed by atoms with E-state index in [-0.39, 0.29) is 19.3 Å². The predicted octanol–water partition coefficient (Wildman–Crippen LogP) is 31.3. The lowest BCUT2D eigenvalue weighted by molar-refractivity contribution is -0.161. The summed E-state index contributed by atoms with van der Waals surface area (Å²) in [4.78, 5) is 59.2. The van der Waals surface area contributed by atoms with E-state index in [2.05, 4.69) is 215 Å². The van der Waals surface area contributed by atoms with Crippen molar-refractivity contribution in [3.8, 4) is 0 Å². The minimum Gasteiger partial charge on any atom is -0.463 e. The van der Waals surface area contributed by atoms with Crippen molar-refractivity contribution >= 4 is 33.6 Å². The first-order valence-electron chi connectivity index (χ1n) is 49.7. The van der Waals surface area contributed by atoms with E-state index in [0.717, 1.165) is 186 Å². The lowest BCUT2D eigenvalue weighted by atomic mass is 10.0. The molecular weight excluding hydrogens is 1600 g/mol. The van der Waals surface area contributed by atoms with Crippen LogP contribution < -0.4 is 0 Å². The van der Waals surface area contributed by atoms with Crippen LogP contribution >= 0.6 is 15.6 Å². The van der Waals surface area contributed by atoms with Gasteiger partial charge in [0.1, 0.15) is 25.4 Å². The molecule has 0 amide bonds. The second-order valence-corrected chi connectivity index (χ2v) is 35.7. The molecule has 5 unspecified atom stereocenters. The molecule has 5 atom stereocenters. The number of hydrogen-bond donors (Lipinski definition) is 4. The Morgan fingerprint density at radius 2 is 0.424 bits per heavy atom. The van der Waals surface area contributed by atoms with Gasteiger partial charge in [-0.25, -0.2) is 9.13 Å². The van der Waals surface area contributed by atoms with Crippen LogP contribution in [0, 0.1) is 0 Å². The van der Waals surface area contributed by atoms with Crippen LogP contribution in [0.3, 0.4) is 0 Å². The van der Waals surface area contributed by atoms with E-state index in [1.807, 2.05) is 0 Å². The van der Waals surface area contributed by atoms with Gasteiger partial charge < -0.3 is 34.2 Å². The number of hydrogen-bond acceptors (Lipinski definition) is 14. The predicted molar refractivity (Wildman–Crippen MR) is 528 cm³/mol. The summed E-state index contributed by atoms with van der Waals surface area (Å²) < 4.78 is 61.6. The average molecular weight is 1780 g/mol. The molecule has 0 heterocycles. The Morgan fingerprint density at radius 3 is 0.672 bits per heavy atom. The minimum atomic E-state index is -4.95. The van der Waals surface area contributed by atoms with Crippen molar-refractivity contribution in [2.24, 2.45) is 0 Å². The van der Waals surface area contributed by atoms with Gasteiger partial charge in [0.2, 0.25) is 0 Å². The highest BCUT2D eigenvalue weighted by atomic mass is 31.2. The van der Waals surface area contributed by atoms with E-state index in [9.17, 15) is 43.5 Å². The topological polar surface area (TPSA) is 231 Å². The van der Waals surface area contributed by atoms with Gasteiger partial charge in [0, 0.05) is 19.3 Å². The van der Waals surface area contributed by atoms with E-state index in [1.54, 1.807) is 0 Å². The number of aliphatic hydroxyl groups excluding tert-OH is 2. The third-order valence-corrected chi connectivity index (χ3v) is 22.7. The van der Waals surface area contributed by atoms with Crippen molar-refractivity contribution in [3.63, 3.8) is 0 Å². The molecule has 0 rings (SSSR count). The quantitative estimate of drug-likeness (QED) is 0.0146. The second kappa shape index (κ2) is 97.4. The third-order valence-electron chi connectivity index (χ3n) is 20.8. The Balaban J connectivity index is 4.60. The fourth-order valence-electron chi connectivity index (χ4n) is 13.3. The molecule has 0 aromatic carbocycles. The molecule has 0 aliphatic heterocycles. The number of phosphoric acid groups is 2.